The SMILES string of the molecule is O=C(O)c1cccnc1N1CCC(n2c(=O)[nH]c3ccccc32)CC1. The average molecular weight is 338 g/mol. The van der Waals surface area contributed by atoms with Gasteiger partial charge in [-0.2, -0.15) is 0 Å². The number of imidazole rings is 1. The van der Waals surface area contributed by atoms with Crippen LogP contribution in [-0.2, 0) is 0 Å². The Morgan fingerprint density at radius 2 is 1.92 bits per heavy atom. The molecule has 1 aromatic carbocycles. The van der Waals surface area contributed by atoms with Crippen molar-refractivity contribution in [2.45, 2.75) is 18.9 Å². The largest absolute Gasteiger partial charge is 0.478 e. The van der Waals surface area contributed by atoms with Gasteiger partial charge in [0.1, 0.15) is 11.4 Å². The van der Waals surface area contributed by atoms with Crippen LogP contribution in [0.4, 0.5) is 5.82 Å². The maximum absolute atomic E-state index is 12.3. The summed E-state index contributed by atoms with van der Waals surface area (Å²) in [4.78, 5) is 32.9. The monoisotopic (exact) mass is 338 g/mol. The van der Waals surface area contributed by atoms with Gasteiger partial charge in [-0.3, -0.25) is 4.57 Å². The second-order valence-corrected chi connectivity index (χ2v) is 6.22. The number of nitrogens with one attached hydrogen (secondary N) is 1. The molecule has 3 aromatic rings. The highest BCUT2D eigenvalue weighted by atomic mass is 16.4. The molecule has 7 nitrogen and oxygen atoms in total. The van der Waals surface area contributed by atoms with Gasteiger partial charge in [-0.25, -0.2) is 14.6 Å². The second kappa shape index (κ2) is 6.08. The number of carboxylic acid groups (broad SMARTS) is 1. The van der Waals surface area contributed by atoms with E-state index in [-0.39, 0.29) is 17.3 Å². The Kier molecular flexibility index (Phi) is 3.76. The van der Waals surface area contributed by atoms with Crippen LogP contribution in [0.15, 0.2) is 47.4 Å². The van der Waals surface area contributed by atoms with Crippen molar-refractivity contribution in [1.82, 2.24) is 14.5 Å². The summed E-state index contributed by atoms with van der Waals surface area (Å²) in [6, 6.07) is 11.0. The van der Waals surface area contributed by atoms with Crippen LogP contribution in [0.3, 0.4) is 0 Å². The minimum Gasteiger partial charge on any atom is -0.478 e. The number of aromatic nitrogens is 3. The molecule has 0 spiro atoms. The van der Waals surface area contributed by atoms with Crippen LogP contribution < -0.4 is 10.6 Å². The number of para-hydroxylation sites is 2. The molecule has 1 aliphatic heterocycles. The normalized spacial score (nSPS) is 15.6. The molecule has 2 aromatic heterocycles. The molecule has 2 N–H and O–H groups in total. The number of piperidine rings is 1. The number of fused-ring (bicyclic) bond motifs is 1. The number of carbonyl (C=O) groups is 1. The third kappa shape index (κ3) is 2.67. The highest BCUT2D eigenvalue weighted by Gasteiger charge is 2.26. The van der Waals surface area contributed by atoms with E-state index in [2.05, 4.69) is 9.97 Å². The molecule has 1 fully saturated rings. The number of carboxylic acids is 1. The summed E-state index contributed by atoms with van der Waals surface area (Å²) in [6.45, 7) is 1.32. The summed E-state index contributed by atoms with van der Waals surface area (Å²) in [5.74, 6) is -0.474. The quantitative estimate of drug-likeness (QED) is 0.764. The Hall–Kier alpha value is -3.09. The smallest absolute Gasteiger partial charge is 0.339 e. The van der Waals surface area contributed by atoms with Crippen molar-refractivity contribution >= 4 is 22.8 Å². The lowest BCUT2D eigenvalue weighted by molar-refractivity contribution is 0.0697. The first-order chi connectivity index (χ1) is 12.1. The van der Waals surface area contributed by atoms with Gasteiger partial charge in [0.25, 0.3) is 0 Å². The highest BCUT2D eigenvalue weighted by molar-refractivity contribution is 5.93. The third-order valence-electron chi connectivity index (χ3n) is 4.77. The molecular weight excluding hydrogens is 320 g/mol. The number of hydrogen-bond donors (Lipinski definition) is 2. The summed E-state index contributed by atoms with van der Waals surface area (Å²) in [5, 5.41) is 9.34. The lowest BCUT2D eigenvalue weighted by Crippen LogP contribution is -2.38. The maximum Gasteiger partial charge on any atom is 0.339 e. The summed E-state index contributed by atoms with van der Waals surface area (Å²) < 4.78 is 1.82. The first kappa shape index (κ1) is 15.4. The molecule has 4 rings (SSSR count). The van der Waals surface area contributed by atoms with Crippen molar-refractivity contribution in [1.29, 1.82) is 0 Å². The van der Waals surface area contributed by atoms with E-state index in [1.54, 1.807) is 18.3 Å². The zero-order chi connectivity index (χ0) is 17.4. The summed E-state index contributed by atoms with van der Waals surface area (Å²) in [5.41, 5.74) is 1.87. The predicted octanol–water partition coefficient (Wildman–Crippen LogP) is 2.26. The van der Waals surface area contributed by atoms with E-state index in [0.29, 0.717) is 18.9 Å². The third-order valence-corrected chi connectivity index (χ3v) is 4.77. The van der Waals surface area contributed by atoms with Gasteiger partial charge >= 0.3 is 11.7 Å². The van der Waals surface area contributed by atoms with Crippen LogP contribution in [0.5, 0.6) is 0 Å². The zero-order valence-electron chi connectivity index (χ0n) is 13.6. The molecule has 1 saturated heterocycles. The fourth-order valence-corrected chi connectivity index (χ4v) is 3.59. The van der Waals surface area contributed by atoms with Gasteiger partial charge in [-0.05, 0) is 37.1 Å². The minimum absolute atomic E-state index is 0.0938. The number of aromatic amines is 1. The van der Waals surface area contributed by atoms with Crippen LogP contribution in [0, 0.1) is 0 Å². The molecule has 0 amide bonds. The number of nitrogens with zero attached hydrogens (tertiary/aromatic N) is 3. The molecule has 128 valence electrons. The van der Waals surface area contributed by atoms with Crippen LogP contribution in [0.1, 0.15) is 29.2 Å². The van der Waals surface area contributed by atoms with Gasteiger partial charge in [0.15, 0.2) is 0 Å². The fraction of sp³-hybridized carbons (Fsp3) is 0.278. The minimum atomic E-state index is -0.974. The Morgan fingerprint density at radius 3 is 2.68 bits per heavy atom. The van der Waals surface area contributed by atoms with E-state index in [9.17, 15) is 14.7 Å². The van der Waals surface area contributed by atoms with Crippen molar-refractivity contribution in [2.24, 2.45) is 0 Å². The molecular formula is C18H18N4O3. The molecule has 7 heteroatoms. The van der Waals surface area contributed by atoms with E-state index in [0.717, 1.165) is 23.9 Å². The lowest BCUT2D eigenvalue weighted by Gasteiger charge is -2.33. The molecule has 25 heavy (non-hydrogen) atoms. The molecule has 3 heterocycles. The van der Waals surface area contributed by atoms with Crippen molar-refractivity contribution in [2.75, 3.05) is 18.0 Å². The van der Waals surface area contributed by atoms with Crippen molar-refractivity contribution in [3.8, 4) is 0 Å². The van der Waals surface area contributed by atoms with Gasteiger partial charge < -0.3 is 15.0 Å². The Balaban J connectivity index is 1.59. The molecule has 0 radical (unpaired) electrons. The number of anilines is 1. The summed E-state index contributed by atoms with van der Waals surface area (Å²) in [6.07, 6.45) is 3.13. The Labute approximate surface area is 143 Å². The van der Waals surface area contributed by atoms with Gasteiger partial charge in [0, 0.05) is 25.3 Å². The molecule has 0 atom stereocenters. The first-order valence-corrected chi connectivity index (χ1v) is 8.27. The second-order valence-electron chi connectivity index (χ2n) is 6.22. The van der Waals surface area contributed by atoms with Gasteiger partial charge in [-0.15, -0.1) is 0 Å². The number of aromatic carboxylic acids is 1. The zero-order valence-corrected chi connectivity index (χ0v) is 13.6. The number of pyridine rings is 1. The molecule has 0 aliphatic carbocycles. The first-order valence-electron chi connectivity index (χ1n) is 8.27. The van der Waals surface area contributed by atoms with Gasteiger partial charge in [0.2, 0.25) is 0 Å². The van der Waals surface area contributed by atoms with Crippen LogP contribution >= 0.6 is 0 Å². The predicted molar refractivity (Wildman–Crippen MR) is 94.2 cm³/mol. The van der Waals surface area contributed by atoms with E-state index in [4.69, 9.17) is 0 Å². The van der Waals surface area contributed by atoms with E-state index >= 15 is 0 Å². The average Bonchev–Trinajstić information content (AvgIpc) is 2.97. The van der Waals surface area contributed by atoms with Crippen molar-refractivity contribution in [3.63, 3.8) is 0 Å². The maximum atomic E-state index is 12.3. The summed E-state index contributed by atoms with van der Waals surface area (Å²) >= 11 is 0. The number of hydrogen-bond acceptors (Lipinski definition) is 4. The topological polar surface area (TPSA) is 91.2 Å². The van der Waals surface area contributed by atoms with E-state index in [1.165, 1.54) is 0 Å². The van der Waals surface area contributed by atoms with Crippen molar-refractivity contribution in [3.05, 3.63) is 58.6 Å². The highest BCUT2D eigenvalue weighted by Crippen LogP contribution is 2.28. The molecule has 0 unspecified atom stereocenters. The lowest BCUT2D eigenvalue weighted by atomic mass is 10.0. The van der Waals surface area contributed by atoms with E-state index < -0.39 is 5.97 Å². The number of benzene rings is 1. The molecule has 1 aliphatic rings. The summed E-state index contributed by atoms with van der Waals surface area (Å²) in [7, 11) is 0. The number of rotatable bonds is 3. The Bertz CT molecular complexity index is 983. The molecule has 0 saturated carbocycles. The standard InChI is InChI=1S/C18H18N4O3/c23-17(24)13-4-3-9-19-16(13)21-10-7-12(8-11-21)22-15-6-2-1-5-14(15)20-18(22)25/h1-6,9,12H,7-8,10-11H2,(H,20,25)(H,23,24). The van der Waals surface area contributed by atoms with E-state index in [1.807, 2.05) is 33.7 Å². The van der Waals surface area contributed by atoms with Gasteiger partial charge in [0.05, 0.1) is 11.0 Å². The van der Waals surface area contributed by atoms with Crippen LogP contribution in [-0.4, -0.2) is 38.7 Å². The fourth-order valence-electron chi connectivity index (χ4n) is 3.59. The Morgan fingerprint density at radius 1 is 1.16 bits per heavy atom. The molecule has 0 bridgehead atoms. The van der Waals surface area contributed by atoms with Crippen LogP contribution in [0.2, 0.25) is 0 Å². The van der Waals surface area contributed by atoms with Gasteiger partial charge in [-0.1, -0.05) is 12.1 Å². The van der Waals surface area contributed by atoms with Crippen molar-refractivity contribution < 1.29 is 9.90 Å². The number of H-pyrrole nitrogens is 1. The van der Waals surface area contributed by atoms with Crippen LogP contribution in [0.25, 0.3) is 11.0 Å².